The van der Waals surface area contributed by atoms with Gasteiger partial charge in [0.1, 0.15) is 6.10 Å². The molecule has 3 unspecified atom stereocenters. The summed E-state index contributed by atoms with van der Waals surface area (Å²) in [5, 5.41) is 0.696. The average Bonchev–Trinajstić information content (AvgIpc) is 2.55. The maximum absolute atomic E-state index is 12.7. The number of carbonyl (C=O) groups is 1. The van der Waals surface area contributed by atoms with Crippen LogP contribution in [0.2, 0.25) is 5.02 Å². The van der Waals surface area contributed by atoms with Crippen LogP contribution < -0.4 is 5.73 Å². The fourth-order valence-corrected chi connectivity index (χ4v) is 3.74. The van der Waals surface area contributed by atoms with Crippen molar-refractivity contribution in [3.8, 4) is 0 Å². The first-order valence-electron chi connectivity index (χ1n) is 8.05. The Kier molecular flexibility index (Phi) is 6.72. The lowest BCUT2D eigenvalue weighted by Gasteiger charge is -2.37. The Labute approximate surface area is 148 Å². The lowest BCUT2D eigenvalue weighted by molar-refractivity contribution is -0.144. The second kappa shape index (κ2) is 8.34. The van der Waals surface area contributed by atoms with Crippen LogP contribution in [0.3, 0.4) is 0 Å². The molecule has 1 heterocycles. The lowest BCUT2D eigenvalue weighted by atomic mass is 9.85. The molecule has 2 N–H and O–H groups in total. The van der Waals surface area contributed by atoms with Gasteiger partial charge < -0.3 is 15.4 Å². The summed E-state index contributed by atoms with van der Waals surface area (Å²) >= 11 is 6.25. The van der Waals surface area contributed by atoms with Gasteiger partial charge in [0, 0.05) is 29.1 Å². The summed E-state index contributed by atoms with van der Waals surface area (Å²) in [4.78, 5) is 14.7. The van der Waals surface area contributed by atoms with Crippen LogP contribution in [0.5, 0.6) is 0 Å². The van der Waals surface area contributed by atoms with Gasteiger partial charge in [0.25, 0.3) is 0 Å². The van der Waals surface area contributed by atoms with Crippen molar-refractivity contribution >= 4 is 29.9 Å². The van der Waals surface area contributed by atoms with E-state index in [2.05, 4.69) is 0 Å². The minimum atomic E-state index is -0.135. The highest BCUT2D eigenvalue weighted by atomic mass is 35.5. The summed E-state index contributed by atoms with van der Waals surface area (Å²) < 4.78 is 5.83. The number of rotatable bonds is 2. The zero-order chi connectivity index (χ0) is 15.5. The van der Waals surface area contributed by atoms with Crippen LogP contribution in [0.4, 0.5) is 0 Å². The number of nitrogens with two attached hydrogens (primary N) is 1. The van der Waals surface area contributed by atoms with Crippen molar-refractivity contribution in [3.05, 3.63) is 34.9 Å². The van der Waals surface area contributed by atoms with Crippen molar-refractivity contribution in [3.63, 3.8) is 0 Å². The standard InChI is InChI=1S/C17H23ClN2O2.ClH/c18-15-7-2-1-6-14(15)16-11-20(8-9-22-16)17(21)12-4-3-5-13(19)10-12;/h1-2,6-7,12-13,16H,3-5,8-11,19H2;1H. The number of carbonyl (C=O) groups excluding carboxylic acids is 1. The minimum Gasteiger partial charge on any atom is -0.370 e. The minimum absolute atomic E-state index is 0. The molecule has 3 rings (SSSR count). The average molecular weight is 359 g/mol. The summed E-state index contributed by atoms with van der Waals surface area (Å²) in [7, 11) is 0. The molecule has 0 aromatic heterocycles. The van der Waals surface area contributed by atoms with E-state index in [1.54, 1.807) is 0 Å². The SMILES string of the molecule is Cl.NC1CCCC(C(=O)N2CCOC(c3ccccc3Cl)C2)C1. The fraction of sp³-hybridized carbons (Fsp3) is 0.588. The summed E-state index contributed by atoms with van der Waals surface area (Å²) in [6.45, 7) is 1.79. The molecule has 6 heteroatoms. The molecule has 23 heavy (non-hydrogen) atoms. The zero-order valence-corrected chi connectivity index (χ0v) is 14.7. The van der Waals surface area contributed by atoms with E-state index >= 15 is 0 Å². The number of ether oxygens (including phenoxy) is 1. The molecule has 1 aliphatic carbocycles. The van der Waals surface area contributed by atoms with Gasteiger partial charge in [-0.25, -0.2) is 0 Å². The molecule has 1 aromatic carbocycles. The number of amides is 1. The number of nitrogens with zero attached hydrogens (tertiary/aromatic N) is 1. The van der Waals surface area contributed by atoms with Crippen molar-refractivity contribution in [2.75, 3.05) is 19.7 Å². The van der Waals surface area contributed by atoms with Crippen LogP contribution in [-0.4, -0.2) is 36.5 Å². The van der Waals surface area contributed by atoms with Crippen LogP contribution in [0, 0.1) is 5.92 Å². The Hall–Kier alpha value is -0.810. The lowest BCUT2D eigenvalue weighted by Crippen LogP contribution is -2.46. The largest absolute Gasteiger partial charge is 0.370 e. The molecule has 1 aliphatic heterocycles. The maximum Gasteiger partial charge on any atom is 0.225 e. The smallest absolute Gasteiger partial charge is 0.225 e. The first kappa shape index (κ1) is 18.5. The third-order valence-corrected chi connectivity index (χ3v) is 5.04. The van der Waals surface area contributed by atoms with Crippen molar-refractivity contribution in [1.82, 2.24) is 4.90 Å². The van der Waals surface area contributed by atoms with Gasteiger partial charge in [-0.15, -0.1) is 12.4 Å². The normalized spacial score (nSPS) is 28.1. The van der Waals surface area contributed by atoms with E-state index < -0.39 is 0 Å². The Morgan fingerprint density at radius 1 is 1.30 bits per heavy atom. The van der Waals surface area contributed by atoms with E-state index in [4.69, 9.17) is 22.1 Å². The molecule has 0 bridgehead atoms. The molecular weight excluding hydrogens is 335 g/mol. The third kappa shape index (κ3) is 4.38. The van der Waals surface area contributed by atoms with E-state index in [1.165, 1.54) is 0 Å². The predicted molar refractivity (Wildman–Crippen MR) is 93.9 cm³/mol. The first-order valence-corrected chi connectivity index (χ1v) is 8.43. The second-order valence-electron chi connectivity index (χ2n) is 6.29. The molecule has 2 aliphatic rings. The molecule has 2 fully saturated rings. The van der Waals surface area contributed by atoms with Gasteiger partial charge in [0.05, 0.1) is 13.2 Å². The van der Waals surface area contributed by atoms with Gasteiger partial charge >= 0.3 is 0 Å². The van der Waals surface area contributed by atoms with E-state index in [-0.39, 0.29) is 36.4 Å². The van der Waals surface area contributed by atoms with E-state index in [1.807, 2.05) is 29.2 Å². The van der Waals surface area contributed by atoms with Gasteiger partial charge in [0.2, 0.25) is 5.91 Å². The number of benzene rings is 1. The van der Waals surface area contributed by atoms with Crippen molar-refractivity contribution in [2.45, 2.75) is 37.8 Å². The second-order valence-corrected chi connectivity index (χ2v) is 6.70. The van der Waals surface area contributed by atoms with E-state index in [0.717, 1.165) is 31.2 Å². The molecule has 1 saturated heterocycles. The highest BCUT2D eigenvalue weighted by Gasteiger charge is 2.32. The Morgan fingerprint density at radius 2 is 2.09 bits per heavy atom. The first-order chi connectivity index (χ1) is 10.6. The Bertz CT molecular complexity index is 541. The van der Waals surface area contributed by atoms with E-state index in [9.17, 15) is 4.79 Å². The summed E-state index contributed by atoms with van der Waals surface area (Å²) in [5.41, 5.74) is 6.98. The molecule has 128 valence electrons. The topological polar surface area (TPSA) is 55.6 Å². The fourth-order valence-electron chi connectivity index (χ4n) is 3.48. The van der Waals surface area contributed by atoms with Crippen LogP contribution in [0.15, 0.2) is 24.3 Å². The highest BCUT2D eigenvalue weighted by molar-refractivity contribution is 6.31. The zero-order valence-electron chi connectivity index (χ0n) is 13.1. The number of hydrogen-bond donors (Lipinski definition) is 1. The summed E-state index contributed by atoms with van der Waals surface area (Å²) in [6.07, 6.45) is 3.72. The van der Waals surface area contributed by atoms with Gasteiger partial charge in [-0.05, 0) is 25.3 Å². The van der Waals surface area contributed by atoms with Gasteiger partial charge in [0.15, 0.2) is 0 Å². The van der Waals surface area contributed by atoms with Crippen molar-refractivity contribution in [1.29, 1.82) is 0 Å². The summed E-state index contributed by atoms with van der Waals surface area (Å²) in [6, 6.07) is 7.86. The van der Waals surface area contributed by atoms with Crippen LogP contribution >= 0.6 is 24.0 Å². The number of halogens is 2. The molecule has 1 saturated carbocycles. The van der Waals surface area contributed by atoms with E-state index in [0.29, 0.717) is 24.7 Å². The van der Waals surface area contributed by atoms with Crippen molar-refractivity contribution < 1.29 is 9.53 Å². The van der Waals surface area contributed by atoms with Gasteiger partial charge in [-0.2, -0.15) is 0 Å². The third-order valence-electron chi connectivity index (χ3n) is 4.69. The maximum atomic E-state index is 12.7. The summed E-state index contributed by atoms with van der Waals surface area (Å²) in [5.74, 6) is 0.309. The Balaban J connectivity index is 0.00000192. The molecule has 0 spiro atoms. The monoisotopic (exact) mass is 358 g/mol. The Morgan fingerprint density at radius 3 is 2.83 bits per heavy atom. The predicted octanol–water partition coefficient (Wildman–Crippen LogP) is 3.18. The van der Waals surface area contributed by atoms with Gasteiger partial charge in [-0.3, -0.25) is 4.79 Å². The number of hydrogen-bond acceptors (Lipinski definition) is 3. The van der Waals surface area contributed by atoms with Gasteiger partial charge in [-0.1, -0.05) is 36.2 Å². The van der Waals surface area contributed by atoms with Crippen LogP contribution in [0.1, 0.15) is 37.4 Å². The molecule has 1 aromatic rings. The highest BCUT2D eigenvalue weighted by Crippen LogP contribution is 2.31. The quantitative estimate of drug-likeness (QED) is 0.883. The number of morpholine rings is 1. The molecule has 4 nitrogen and oxygen atoms in total. The molecule has 0 radical (unpaired) electrons. The van der Waals surface area contributed by atoms with Crippen LogP contribution in [0.25, 0.3) is 0 Å². The van der Waals surface area contributed by atoms with Crippen LogP contribution in [-0.2, 0) is 9.53 Å². The molecule has 1 amide bonds. The van der Waals surface area contributed by atoms with Crippen molar-refractivity contribution in [2.24, 2.45) is 11.7 Å². The molecular formula is C17H24Cl2N2O2. The molecule has 3 atom stereocenters.